The third-order valence-electron chi connectivity index (χ3n) is 2.47. The molecule has 2 atom stereocenters. The fourth-order valence-corrected chi connectivity index (χ4v) is 1.95. The second kappa shape index (κ2) is 5.13. The molecule has 0 aromatic heterocycles. The number of amides is 1. The van der Waals surface area contributed by atoms with Crippen molar-refractivity contribution in [1.82, 2.24) is 10.2 Å². The predicted octanol–water partition coefficient (Wildman–Crippen LogP) is 0.745. The Labute approximate surface area is 91.2 Å². The lowest BCUT2D eigenvalue weighted by Gasteiger charge is -2.37. The fraction of sp³-hybridized carbons (Fsp3) is 0.818. The third kappa shape index (κ3) is 3.21. The van der Waals surface area contributed by atoms with Gasteiger partial charge in [-0.05, 0) is 12.8 Å². The molecular formula is C11H19N3O. The third-order valence-corrected chi connectivity index (χ3v) is 2.47. The van der Waals surface area contributed by atoms with Crippen LogP contribution in [0.2, 0.25) is 0 Å². The molecule has 0 spiro atoms. The minimum atomic E-state index is -0.308. The maximum Gasteiger partial charge on any atom is 0.240 e. The van der Waals surface area contributed by atoms with Crippen molar-refractivity contribution >= 4 is 5.91 Å². The van der Waals surface area contributed by atoms with Crippen molar-refractivity contribution in [2.75, 3.05) is 13.1 Å². The lowest BCUT2D eigenvalue weighted by molar-refractivity contribution is -0.137. The summed E-state index contributed by atoms with van der Waals surface area (Å²) >= 11 is 0. The summed E-state index contributed by atoms with van der Waals surface area (Å²) in [5.41, 5.74) is 0. The number of carbonyl (C=O) groups is 1. The van der Waals surface area contributed by atoms with Crippen LogP contribution in [-0.2, 0) is 4.79 Å². The van der Waals surface area contributed by atoms with Gasteiger partial charge in [-0.3, -0.25) is 4.79 Å². The van der Waals surface area contributed by atoms with Gasteiger partial charge in [-0.2, -0.15) is 5.26 Å². The standard InChI is InChI=1S/C11H19N3O/c1-8(2)6-14-7-9(3)13-10(4-5-12)11(14)15/h8-10,13H,4,6-7H2,1-3H3. The summed E-state index contributed by atoms with van der Waals surface area (Å²) in [5, 5.41) is 11.8. The molecule has 4 nitrogen and oxygen atoms in total. The average Bonchev–Trinajstić information content (AvgIpc) is 2.12. The van der Waals surface area contributed by atoms with E-state index < -0.39 is 0 Å². The topological polar surface area (TPSA) is 56.1 Å². The molecule has 1 N–H and O–H groups in total. The SMILES string of the molecule is CC(C)CN1CC(C)NC(CC#N)C1=O. The highest BCUT2D eigenvalue weighted by Gasteiger charge is 2.31. The number of carbonyl (C=O) groups excluding carboxylic acids is 1. The van der Waals surface area contributed by atoms with Crippen molar-refractivity contribution in [2.45, 2.75) is 39.3 Å². The van der Waals surface area contributed by atoms with Crippen LogP contribution in [0.15, 0.2) is 0 Å². The van der Waals surface area contributed by atoms with E-state index in [0.29, 0.717) is 5.92 Å². The summed E-state index contributed by atoms with van der Waals surface area (Å²) < 4.78 is 0. The highest BCUT2D eigenvalue weighted by atomic mass is 16.2. The van der Waals surface area contributed by atoms with Gasteiger partial charge in [0.1, 0.15) is 6.04 Å². The molecule has 0 saturated carbocycles. The van der Waals surface area contributed by atoms with E-state index in [2.05, 4.69) is 25.2 Å². The quantitative estimate of drug-likeness (QED) is 0.746. The van der Waals surface area contributed by atoms with Gasteiger partial charge >= 0.3 is 0 Å². The summed E-state index contributed by atoms with van der Waals surface area (Å²) in [5.74, 6) is 0.547. The first kappa shape index (κ1) is 12.0. The van der Waals surface area contributed by atoms with E-state index in [4.69, 9.17) is 5.26 Å². The molecule has 0 aliphatic carbocycles. The first-order valence-corrected chi connectivity index (χ1v) is 5.46. The molecule has 84 valence electrons. The summed E-state index contributed by atoms with van der Waals surface area (Å²) in [4.78, 5) is 13.8. The number of piperazine rings is 1. The molecule has 4 heteroatoms. The van der Waals surface area contributed by atoms with Crippen LogP contribution in [0, 0.1) is 17.2 Å². The van der Waals surface area contributed by atoms with Crippen molar-refractivity contribution in [1.29, 1.82) is 5.26 Å². The van der Waals surface area contributed by atoms with E-state index in [9.17, 15) is 4.79 Å². The molecule has 2 unspecified atom stereocenters. The summed E-state index contributed by atoms with van der Waals surface area (Å²) in [6.07, 6.45) is 0.262. The number of rotatable bonds is 3. The summed E-state index contributed by atoms with van der Waals surface area (Å²) in [6, 6.07) is 2.02. The van der Waals surface area contributed by atoms with Crippen LogP contribution in [0.25, 0.3) is 0 Å². The highest BCUT2D eigenvalue weighted by molar-refractivity contribution is 5.83. The number of hydrogen-bond acceptors (Lipinski definition) is 3. The maximum absolute atomic E-state index is 11.9. The molecule has 1 rings (SSSR count). The van der Waals surface area contributed by atoms with E-state index in [-0.39, 0.29) is 24.4 Å². The van der Waals surface area contributed by atoms with E-state index >= 15 is 0 Å². The Morgan fingerprint density at radius 2 is 2.33 bits per heavy atom. The molecule has 1 fully saturated rings. The van der Waals surface area contributed by atoms with Crippen LogP contribution in [0.3, 0.4) is 0 Å². The number of nitriles is 1. The number of nitrogens with one attached hydrogen (secondary N) is 1. The molecule has 0 radical (unpaired) electrons. The largest absolute Gasteiger partial charge is 0.340 e. The smallest absolute Gasteiger partial charge is 0.240 e. The zero-order valence-corrected chi connectivity index (χ0v) is 9.66. The van der Waals surface area contributed by atoms with Crippen LogP contribution in [0.5, 0.6) is 0 Å². The Kier molecular flexibility index (Phi) is 4.10. The molecule has 1 aliphatic heterocycles. The molecule has 1 saturated heterocycles. The second-order valence-electron chi connectivity index (χ2n) is 4.62. The van der Waals surface area contributed by atoms with Crippen LogP contribution in [-0.4, -0.2) is 36.0 Å². The van der Waals surface area contributed by atoms with Gasteiger partial charge in [0.05, 0.1) is 12.5 Å². The maximum atomic E-state index is 11.9. The Balaban J connectivity index is 2.64. The number of hydrogen-bond donors (Lipinski definition) is 1. The fourth-order valence-electron chi connectivity index (χ4n) is 1.95. The Bertz CT molecular complexity index is 267. The van der Waals surface area contributed by atoms with Gasteiger partial charge in [0.15, 0.2) is 0 Å². The molecule has 1 aliphatic rings. The van der Waals surface area contributed by atoms with Crippen LogP contribution in [0.1, 0.15) is 27.2 Å². The van der Waals surface area contributed by atoms with Crippen molar-refractivity contribution in [3.05, 3.63) is 0 Å². The van der Waals surface area contributed by atoms with Gasteiger partial charge in [0.25, 0.3) is 0 Å². The highest BCUT2D eigenvalue weighted by Crippen LogP contribution is 2.10. The van der Waals surface area contributed by atoms with E-state index in [1.807, 2.05) is 11.8 Å². The zero-order chi connectivity index (χ0) is 11.4. The van der Waals surface area contributed by atoms with Crippen molar-refractivity contribution < 1.29 is 4.79 Å². The lowest BCUT2D eigenvalue weighted by atomic mass is 10.1. The lowest BCUT2D eigenvalue weighted by Crippen LogP contribution is -2.59. The van der Waals surface area contributed by atoms with Crippen LogP contribution in [0.4, 0.5) is 0 Å². The van der Waals surface area contributed by atoms with Crippen molar-refractivity contribution in [2.24, 2.45) is 5.92 Å². The van der Waals surface area contributed by atoms with Crippen LogP contribution >= 0.6 is 0 Å². The van der Waals surface area contributed by atoms with E-state index in [1.165, 1.54) is 0 Å². The number of nitrogens with zero attached hydrogens (tertiary/aromatic N) is 2. The first-order valence-electron chi connectivity index (χ1n) is 5.46. The summed E-state index contributed by atoms with van der Waals surface area (Å²) in [6.45, 7) is 7.77. The van der Waals surface area contributed by atoms with Crippen LogP contribution < -0.4 is 5.32 Å². The molecule has 0 aromatic rings. The minimum Gasteiger partial charge on any atom is -0.340 e. The minimum absolute atomic E-state index is 0.0725. The van der Waals surface area contributed by atoms with Gasteiger partial charge in [-0.1, -0.05) is 13.8 Å². The molecule has 1 amide bonds. The molecular weight excluding hydrogens is 190 g/mol. The first-order chi connectivity index (χ1) is 7.04. The van der Waals surface area contributed by atoms with Gasteiger partial charge in [-0.25, -0.2) is 0 Å². The zero-order valence-electron chi connectivity index (χ0n) is 9.66. The Morgan fingerprint density at radius 1 is 1.67 bits per heavy atom. The average molecular weight is 209 g/mol. The Hall–Kier alpha value is -1.08. The van der Waals surface area contributed by atoms with Crippen molar-refractivity contribution in [3.63, 3.8) is 0 Å². The normalized spacial score (nSPS) is 26.9. The van der Waals surface area contributed by atoms with Gasteiger partial charge in [-0.15, -0.1) is 0 Å². The molecule has 0 bridgehead atoms. The second-order valence-corrected chi connectivity index (χ2v) is 4.62. The van der Waals surface area contributed by atoms with Gasteiger partial charge in [0, 0.05) is 19.1 Å². The predicted molar refractivity (Wildman–Crippen MR) is 58.0 cm³/mol. The molecule has 15 heavy (non-hydrogen) atoms. The van der Waals surface area contributed by atoms with Crippen molar-refractivity contribution in [3.8, 4) is 6.07 Å². The monoisotopic (exact) mass is 209 g/mol. The molecule has 1 heterocycles. The summed E-state index contributed by atoms with van der Waals surface area (Å²) in [7, 11) is 0. The van der Waals surface area contributed by atoms with Gasteiger partial charge < -0.3 is 10.2 Å². The molecule has 0 aromatic carbocycles. The Morgan fingerprint density at radius 3 is 2.87 bits per heavy atom. The van der Waals surface area contributed by atoms with Gasteiger partial charge in [0.2, 0.25) is 5.91 Å². The van der Waals surface area contributed by atoms with E-state index in [0.717, 1.165) is 13.1 Å². The van der Waals surface area contributed by atoms with E-state index in [1.54, 1.807) is 0 Å².